The van der Waals surface area contributed by atoms with E-state index in [1.807, 2.05) is 12.1 Å². The Hall–Kier alpha value is -1.18. The van der Waals surface area contributed by atoms with Crippen LogP contribution in [0.3, 0.4) is 0 Å². The predicted molar refractivity (Wildman–Crippen MR) is 79.8 cm³/mol. The second kappa shape index (κ2) is 6.12. The highest BCUT2D eigenvalue weighted by molar-refractivity contribution is 6.35. The molecule has 18 heavy (non-hydrogen) atoms. The monoisotopic (exact) mass is 279 g/mol. The van der Waals surface area contributed by atoms with Crippen LogP contribution in [0, 0.1) is 0 Å². The van der Waals surface area contributed by atoms with Crippen molar-refractivity contribution in [2.75, 3.05) is 11.9 Å². The minimum Gasteiger partial charge on any atom is -0.383 e. The Labute approximate surface area is 118 Å². The van der Waals surface area contributed by atoms with Crippen LogP contribution in [0.4, 0.5) is 5.69 Å². The number of nitrogens with one attached hydrogen (secondary N) is 1. The summed E-state index contributed by atoms with van der Waals surface area (Å²) in [4.78, 5) is 0. The fourth-order valence-electron chi connectivity index (χ4n) is 1.80. The SMILES string of the molecule is CC(CNc1cc(Cl)ccc1Cl)c1ccccc1. The molecule has 0 spiro atoms. The largest absolute Gasteiger partial charge is 0.383 e. The normalized spacial score (nSPS) is 12.2. The molecule has 3 heteroatoms. The van der Waals surface area contributed by atoms with Crippen molar-refractivity contribution in [3.8, 4) is 0 Å². The summed E-state index contributed by atoms with van der Waals surface area (Å²) in [6.07, 6.45) is 0. The van der Waals surface area contributed by atoms with Crippen LogP contribution in [0.25, 0.3) is 0 Å². The molecule has 0 aliphatic heterocycles. The summed E-state index contributed by atoms with van der Waals surface area (Å²) in [7, 11) is 0. The minimum absolute atomic E-state index is 0.418. The second-order valence-electron chi connectivity index (χ2n) is 4.32. The maximum Gasteiger partial charge on any atom is 0.0638 e. The van der Waals surface area contributed by atoms with Crippen molar-refractivity contribution >= 4 is 28.9 Å². The van der Waals surface area contributed by atoms with Gasteiger partial charge in [-0.05, 0) is 29.7 Å². The molecule has 2 rings (SSSR count). The van der Waals surface area contributed by atoms with Gasteiger partial charge in [0.25, 0.3) is 0 Å². The molecule has 1 unspecified atom stereocenters. The molecule has 0 saturated heterocycles. The summed E-state index contributed by atoms with van der Waals surface area (Å²) in [5.74, 6) is 0.418. The number of halogens is 2. The van der Waals surface area contributed by atoms with Crippen molar-refractivity contribution in [1.29, 1.82) is 0 Å². The lowest BCUT2D eigenvalue weighted by Gasteiger charge is -2.15. The maximum absolute atomic E-state index is 6.10. The fraction of sp³-hybridized carbons (Fsp3) is 0.200. The van der Waals surface area contributed by atoms with Crippen molar-refractivity contribution in [1.82, 2.24) is 0 Å². The first-order valence-corrected chi connectivity index (χ1v) is 6.66. The van der Waals surface area contributed by atoms with Gasteiger partial charge < -0.3 is 5.32 Å². The molecule has 2 aromatic rings. The van der Waals surface area contributed by atoms with Crippen LogP contribution >= 0.6 is 23.2 Å². The molecule has 0 aromatic heterocycles. The maximum atomic E-state index is 6.10. The number of anilines is 1. The molecule has 0 aliphatic rings. The van der Waals surface area contributed by atoms with E-state index in [1.165, 1.54) is 5.56 Å². The lowest BCUT2D eigenvalue weighted by Crippen LogP contribution is -2.10. The second-order valence-corrected chi connectivity index (χ2v) is 5.16. The summed E-state index contributed by atoms with van der Waals surface area (Å²) < 4.78 is 0. The first kappa shape index (κ1) is 13.3. The number of rotatable bonds is 4. The molecule has 0 radical (unpaired) electrons. The topological polar surface area (TPSA) is 12.0 Å². The predicted octanol–water partition coefficient (Wildman–Crippen LogP) is 5.21. The highest BCUT2D eigenvalue weighted by atomic mass is 35.5. The molecule has 1 atom stereocenters. The minimum atomic E-state index is 0.418. The summed E-state index contributed by atoms with van der Waals surface area (Å²) in [6.45, 7) is 3.00. The van der Waals surface area contributed by atoms with Crippen molar-refractivity contribution in [3.05, 3.63) is 64.1 Å². The molecule has 0 saturated carbocycles. The molecule has 0 amide bonds. The molecule has 0 bridgehead atoms. The van der Waals surface area contributed by atoms with E-state index in [0.29, 0.717) is 16.0 Å². The first-order chi connectivity index (χ1) is 8.66. The van der Waals surface area contributed by atoms with Gasteiger partial charge in [0, 0.05) is 11.6 Å². The van der Waals surface area contributed by atoms with E-state index >= 15 is 0 Å². The van der Waals surface area contributed by atoms with Gasteiger partial charge >= 0.3 is 0 Å². The zero-order valence-electron chi connectivity index (χ0n) is 10.2. The zero-order chi connectivity index (χ0) is 13.0. The molecule has 0 heterocycles. The van der Waals surface area contributed by atoms with E-state index in [0.717, 1.165) is 12.2 Å². The van der Waals surface area contributed by atoms with E-state index in [4.69, 9.17) is 23.2 Å². The van der Waals surface area contributed by atoms with Crippen LogP contribution < -0.4 is 5.32 Å². The highest BCUT2D eigenvalue weighted by Gasteiger charge is 2.06. The Morgan fingerprint density at radius 1 is 1.06 bits per heavy atom. The number of hydrogen-bond donors (Lipinski definition) is 1. The molecule has 2 aromatic carbocycles. The van der Waals surface area contributed by atoms with E-state index in [1.54, 1.807) is 12.1 Å². The number of hydrogen-bond acceptors (Lipinski definition) is 1. The summed E-state index contributed by atoms with van der Waals surface area (Å²) >= 11 is 12.1. The van der Waals surface area contributed by atoms with Crippen molar-refractivity contribution in [3.63, 3.8) is 0 Å². The molecule has 1 nitrogen and oxygen atoms in total. The Kier molecular flexibility index (Phi) is 4.51. The van der Waals surface area contributed by atoms with Crippen LogP contribution in [0.15, 0.2) is 48.5 Å². The van der Waals surface area contributed by atoms with Gasteiger partial charge in [-0.25, -0.2) is 0 Å². The van der Waals surface area contributed by atoms with E-state index < -0.39 is 0 Å². The molecule has 0 aliphatic carbocycles. The van der Waals surface area contributed by atoms with Crippen LogP contribution in [-0.4, -0.2) is 6.54 Å². The molecule has 94 valence electrons. The van der Waals surface area contributed by atoms with Crippen molar-refractivity contribution in [2.45, 2.75) is 12.8 Å². The van der Waals surface area contributed by atoms with Gasteiger partial charge in [0.1, 0.15) is 0 Å². The van der Waals surface area contributed by atoms with Crippen molar-refractivity contribution in [2.24, 2.45) is 0 Å². The quantitative estimate of drug-likeness (QED) is 0.810. The summed E-state index contributed by atoms with van der Waals surface area (Å²) in [5.41, 5.74) is 2.19. The third-order valence-corrected chi connectivity index (χ3v) is 3.46. The van der Waals surface area contributed by atoms with Crippen LogP contribution in [0.2, 0.25) is 10.0 Å². The lowest BCUT2D eigenvalue weighted by molar-refractivity contribution is 0.805. The Bertz CT molecular complexity index is 511. The van der Waals surface area contributed by atoms with Gasteiger partial charge in [-0.3, -0.25) is 0 Å². The first-order valence-electron chi connectivity index (χ1n) is 5.90. The summed E-state index contributed by atoms with van der Waals surface area (Å²) in [6, 6.07) is 15.8. The third kappa shape index (κ3) is 3.41. The molecular weight excluding hydrogens is 265 g/mol. The number of benzene rings is 2. The highest BCUT2D eigenvalue weighted by Crippen LogP contribution is 2.26. The van der Waals surface area contributed by atoms with Crippen LogP contribution in [-0.2, 0) is 0 Å². The standard InChI is InChI=1S/C15H15Cl2N/c1-11(12-5-3-2-4-6-12)10-18-15-9-13(16)7-8-14(15)17/h2-9,11,18H,10H2,1H3. The van der Waals surface area contributed by atoms with Crippen molar-refractivity contribution < 1.29 is 0 Å². The fourth-order valence-corrected chi connectivity index (χ4v) is 2.15. The summed E-state index contributed by atoms with van der Waals surface area (Å²) in [5, 5.41) is 4.72. The average molecular weight is 280 g/mol. The van der Waals surface area contributed by atoms with Gasteiger partial charge in [0.2, 0.25) is 0 Å². The van der Waals surface area contributed by atoms with E-state index in [9.17, 15) is 0 Å². The van der Waals surface area contributed by atoms with Gasteiger partial charge in [-0.2, -0.15) is 0 Å². The Morgan fingerprint density at radius 3 is 2.50 bits per heavy atom. The van der Waals surface area contributed by atoms with Gasteiger partial charge in [0.05, 0.1) is 10.7 Å². The van der Waals surface area contributed by atoms with Gasteiger partial charge in [-0.15, -0.1) is 0 Å². The lowest BCUT2D eigenvalue weighted by atomic mass is 10.0. The van der Waals surface area contributed by atoms with Crippen LogP contribution in [0.1, 0.15) is 18.4 Å². The molecule has 1 N–H and O–H groups in total. The third-order valence-electron chi connectivity index (χ3n) is 2.90. The molecule has 0 fully saturated rings. The Morgan fingerprint density at radius 2 is 1.78 bits per heavy atom. The van der Waals surface area contributed by atoms with E-state index in [2.05, 4.69) is 36.5 Å². The van der Waals surface area contributed by atoms with Gasteiger partial charge in [0.15, 0.2) is 0 Å². The van der Waals surface area contributed by atoms with E-state index in [-0.39, 0.29) is 0 Å². The average Bonchev–Trinajstić information content (AvgIpc) is 2.40. The smallest absolute Gasteiger partial charge is 0.0638 e. The van der Waals surface area contributed by atoms with Gasteiger partial charge in [-0.1, -0.05) is 60.5 Å². The Balaban J connectivity index is 2.01. The zero-order valence-corrected chi connectivity index (χ0v) is 11.7. The molecular formula is C15H15Cl2N. The van der Waals surface area contributed by atoms with Crippen LogP contribution in [0.5, 0.6) is 0 Å².